The fourth-order valence-corrected chi connectivity index (χ4v) is 5.91. The van der Waals surface area contributed by atoms with Gasteiger partial charge in [0.1, 0.15) is 11.2 Å². The molecule has 0 atom stereocenters. The smallest absolute Gasteiger partial charge is 0.344 e. The van der Waals surface area contributed by atoms with Gasteiger partial charge in [0, 0.05) is 16.2 Å². The maximum Gasteiger partial charge on any atom is 0.344 e. The third-order valence-electron chi connectivity index (χ3n) is 8.08. The molecule has 7 rings (SSSR count). The van der Waals surface area contributed by atoms with Gasteiger partial charge >= 0.3 is 11.3 Å². The zero-order valence-corrected chi connectivity index (χ0v) is 22.2. The van der Waals surface area contributed by atoms with Crippen LogP contribution in [0.3, 0.4) is 0 Å². The number of fused-ring (bicyclic) bond motifs is 5. The minimum absolute atomic E-state index is 0.334. The first-order chi connectivity index (χ1) is 18.7. The zero-order chi connectivity index (χ0) is 27.1. The van der Waals surface area contributed by atoms with Gasteiger partial charge in [0.25, 0.3) is 0 Å². The summed E-state index contributed by atoms with van der Waals surface area (Å²) in [4.78, 5) is 25.9. The van der Waals surface area contributed by atoms with E-state index in [0.717, 1.165) is 55.3 Å². The van der Waals surface area contributed by atoms with Crippen LogP contribution in [0.4, 0.5) is 0 Å². The topological polar surface area (TPSA) is 60.4 Å². The van der Waals surface area contributed by atoms with Gasteiger partial charge in [0.05, 0.1) is 11.1 Å². The normalized spacial score (nSPS) is 13.5. The maximum absolute atomic E-state index is 13.0. The van der Waals surface area contributed by atoms with Crippen molar-refractivity contribution < 1.29 is 8.83 Å². The van der Waals surface area contributed by atoms with Gasteiger partial charge in [-0.1, -0.05) is 62.4 Å². The van der Waals surface area contributed by atoms with E-state index in [4.69, 9.17) is 8.83 Å². The second kappa shape index (κ2) is 8.15. The Bertz CT molecular complexity index is 1960. The van der Waals surface area contributed by atoms with Crippen LogP contribution in [0.25, 0.3) is 55.3 Å². The molecule has 0 saturated carbocycles. The Morgan fingerprint density at radius 2 is 0.949 bits per heavy atom. The van der Waals surface area contributed by atoms with Crippen molar-refractivity contribution in [3.63, 3.8) is 0 Å². The lowest BCUT2D eigenvalue weighted by Crippen LogP contribution is -2.15. The van der Waals surface area contributed by atoms with Gasteiger partial charge in [0.2, 0.25) is 0 Å². The van der Waals surface area contributed by atoms with Crippen molar-refractivity contribution in [2.24, 2.45) is 0 Å². The fourth-order valence-electron chi connectivity index (χ4n) is 5.91. The number of hydrogen-bond acceptors (Lipinski definition) is 4. The molecule has 0 unspecified atom stereocenters. The van der Waals surface area contributed by atoms with Crippen LogP contribution in [0.2, 0.25) is 0 Å². The number of rotatable bonds is 2. The Labute approximate surface area is 225 Å². The Hall–Kier alpha value is -4.70. The summed E-state index contributed by atoms with van der Waals surface area (Å²) < 4.78 is 11.4. The van der Waals surface area contributed by atoms with Crippen molar-refractivity contribution in [1.29, 1.82) is 0 Å². The van der Waals surface area contributed by atoms with Crippen molar-refractivity contribution in [2.45, 2.75) is 33.1 Å². The average Bonchev–Trinajstić information content (AvgIpc) is 3.13. The summed E-state index contributed by atoms with van der Waals surface area (Å²) in [5, 5.41) is 1.79. The van der Waals surface area contributed by atoms with Gasteiger partial charge in [-0.15, -0.1) is 0 Å². The SMILES string of the molecule is Cc1ccc2cc(-c3ccc4c(c3)C(C)(C)c3cc(-c5cc6ccc(C)cc6oc5=O)ccc3-4)c(=O)oc2c1. The molecule has 0 radical (unpaired) electrons. The molecule has 4 aromatic carbocycles. The summed E-state index contributed by atoms with van der Waals surface area (Å²) in [5.41, 5.74) is 9.55. The minimum Gasteiger partial charge on any atom is -0.422 e. The number of aryl methyl sites for hydroxylation is 2. The predicted octanol–water partition coefficient (Wildman–Crippen LogP) is 8.16. The lowest BCUT2D eigenvalue weighted by molar-refractivity contribution is 0.563. The van der Waals surface area contributed by atoms with Crippen LogP contribution < -0.4 is 11.3 Å². The molecule has 190 valence electrons. The van der Waals surface area contributed by atoms with Gasteiger partial charge < -0.3 is 8.83 Å². The van der Waals surface area contributed by atoms with E-state index in [1.165, 1.54) is 0 Å². The van der Waals surface area contributed by atoms with Gasteiger partial charge in [0.15, 0.2) is 0 Å². The molecule has 0 spiro atoms. The second-order valence-electron chi connectivity index (χ2n) is 11.1. The highest BCUT2D eigenvalue weighted by atomic mass is 16.4. The van der Waals surface area contributed by atoms with Crippen LogP contribution >= 0.6 is 0 Å². The standard InChI is InChI=1S/C35H26O4/c1-19-5-7-23-15-27(33(36)38-31(23)13-19)21-9-11-25-26-12-10-22(18-30(26)35(3,4)29(25)17-21)28-16-24-8-6-20(2)14-32(24)39-34(28)37/h5-18H,1-4H3. The van der Waals surface area contributed by atoms with Crippen LogP contribution in [0.1, 0.15) is 36.1 Å². The van der Waals surface area contributed by atoms with Gasteiger partial charge in [-0.05, 0) is 94.8 Å². The molecule has 1 aliphatic rings. The summed E-state index contributed by atoms with van der Waals surface area (Å²) in [7, 11) is 0. The molecular formula is C35H26O4. The van der Waals surface area contributed by atoms with E-state index in [-0.39, 0.29) is 16.7 Å². The zero-order valence-electron chi connectivity index (χ0n) is 22.2. The van der Waals surface area contributed by atoms with Crippen LogP contribution in [0.15, 0.2) is 103 Å². The van der Waals surface area contributed by atoms with Crippen molar-refractivity contribution in [2.75, 3.05) is 0 Å². The van der Waals surface area contributed by atoms with E-state index in [2.05, 4.69) is 38.1 Å². The first-order valence-corrected chi connectivity index (χ1v) is 13.1. The Kier molecular flexibility index (Phi) is 4.89. The first kappa shape index (κ1) is 23.4. The third-order valence-corrected chi connectivity index (χ3v) is 8.08. The molecule has 6 aromatic rings. The van der Waals surface area contributed by atoms with E-state index in [1.54, 1.807) is 0 Å². The van der Waals surface area contributed by atoms with Gasteiger partial charge in [-0.2, -0.15) is 0 Å². The van der Waals surface area contributed by atoms with E-state index in [1.807, 2.05) is 74.5 Å². The lowest BCUT2D eigenvalue weighted by Gasteiger charge is -2.22. The van der Waals surface area contributed by atoms with Crippen LogP contribution in [0, 0.1) is 13.8 Å². The molecule has 2 heterocycles. The van der Waals surface area contributed by atoms with Crippen LogP contribution in [-0.4, -0.2) is 0 Å². The lowest BCUT2D eigenvalue weighted by atomic mass is 9.81. The molecule has 0 bridgehead atoms. The Morgan fingerprint density at radius 1 is 0.513 bits per heavy atom. The van der Waals surface area contributed by atoms with Crippen LogP contribution in [-0.2, 0) is 5.41 Å². The molecule has 0 saturated heterocycles. The summed E-state index contributed by atoms with van der Waals surface area (Å²) in [5.74, 6) is 0. The molecule has 0 aliphatic heterocycles. The average molecular weight is 511 g/mol. The van der Waals surface area contributed by atoms with Crippen molar-refractivity contribution in [3.05, 3.63) is 128 Å². The summed E-state index contributed by atoms with van der Waals surface area (Å²) in [6.07, 6.45) is 0. The van der Waals surface area contributed by atoms with Crippen molar-refractivity contribution in [3.8, 4) is 33.4 Å². The molecular weight excluding hydrogens is 484 g/mol. The Morgan fingerprint density at radius 3 is 1.38 bits per heavy atom. The molecule has 2 aromatic heterocycles. The molecule has 0 amide bonds. The van der Waals surface area contributed by atoms with Crippen LogP contribution in [0.5, 0.6) is 0 Å². The fraction of sp³-hybridized carbons (Fsp3) is 0.143. The maximum atomic E-state index is 13.0. The second-order valence-corrected chi connectivity index (χ2v) is 11.1. The molecule has 0 fully saturated rings. The van der Waals surface area contributed by atoms with E-state index in [9.17, 15) is 9.59 Å². The Balaban J connectivity index is 1.34. The number of benzene rings is 4. The monoisotopic (exact) mass is 510 g/mol. The highest BCUT2D eigenvalue weighted by Gasteiger charge is 2.36. The summed E-state index contributed by atoms with van der Waals surface area (Å²) in [6.45, 7) is 8.32. The van der Waals surface area contributed by atoms with E-state index >= 15 is 0 Å². The number of hydrogen-bond donors (Lipinski definition) is 0. The first-order valence-electron chi connectivity index (χ1n) is 13.1. The minimum atomic E-state index is -0.345. The molecule has 1 aliphatic carbocycles. The van der Waals surface area contributed by atoms with Crippen molar-refractivity contribution in [1.82, 2.24) is 0 Å². The van der Waals surface area contributed by atoms with Gasteiger partial charge in [-0.3, -0.25) is 0 Å². The van der Waals surface area contributed by atoms with Gasteiger partial charge in [-0.25, -0.2) is 9.59 Å². The van der Waals surface area contributed by atoms with Crippen molar-refractivity contribution >= 4 is 21.9 Å². The predicted molar refractivity (Wildman–Crippen MR) is 156 cm³/mol. The highest BCUT2D eigenvalue weighted by molar-refractivity contribution is 5.88. The summed E-state index contributed by atoms with van der Waals surface area (Å²) in [6, 6.07) is 28.0. The molecule has 4 heteroatoms. The third kappa shape index (κ3) is 3.59. The molecule has 39 heavy (non-hydrogen) atoms. The largest absolute Gasteiger partial charge is 0.422 e. The summed E-state index contributed by atoms with van der Waals surface area (Å²) >= 11 is 0. The van der Waals surface area contributed by atoms with E-state index < -0.39 is 0 Å². The quantitative estimate of drug-likeness (QED) is 0.221. The highest BCUT2D eigenvalue weighted by Crippen LogP contribution is 2.50. The molecule has 0 N–H and O–H groups in total. The van der Waals surface area contributed by atoms with E-state index in [0.29, 0.717) is 22.3 Å². The molecule has 4 nitrogen and oxygen atoms in total.